The van der Waals surface area contributed by atoms with E-state index in [1.54, 1.807) is 6.20 Å². The Hall–Kier alpha value is -0.660. The van der Waals surface area contributed by atoms with Gasteiger partial charge < -0.3 is 9.64 Å². The van der Waals surface area contributed by atoms with Crippen molar-refractivity contribution in [2.24, 2.45) is 5.84 Å². The molecule has 1 aromatic heterocycles. The van der Waals surface area contributed by atoms with E-state index in [0.717, 1.165) is 25.2 Å². The number of hydrazine groups is 1. The molecule has 0 aromatic carbocycles. The Morgan fingerprint density at radius 2 is 2.19 bits per heavy atom. The first-order chi connectivity index (χ1) is 9.89. The predicted molar refractivity (Wildman–Crippen MR) is 86.2 cm³/mol. The number of hydrogen-bond donors (Lipinski definition) is 2. The fraction of sp³-hybridized carbons (Fsp3) is 0.786. The molecule has 1 aromatic rings. The third kappa shape index (κ3) is 4.40. The summed E-state index contributed by atoms with van der Waals surface area (Å²) in [6.45, 7) is 8.34. The van der Waals surface area contributed by atoms with E-state index in [2.05, 4.69) is 22.3 Å². The molecule has 21 heavy (non-hydrogen) atoms. The van der Waals surface area contributed by atoms with E-state index >= 15 is 0 Å². The van der Waals surface area contributed by atoms with Crippen LogP contribution in [0.25, 0.3) is 0 Å². The summed E-state index contributed by atoms with van der Waals surface area (Å²) in [4.78, 5) is 2.10. The van der Waals surface area contributed by atoms with Gasteiger partial charge in [-0.1, -0.05) is 18.5 Å². The van der Waals surface area contributed by atoms with E-state index in [-0.39, 0.29) is 6.04 Å². The Morgan fingerprint density at radius 1 is 1.52 bits per heavy atom. The fourth-order valence-electron chi connectivity index (χ4n) is 2.40. The molecule has 7 heteroatoms. The van der Waals surface area contributed by atoms with Crippen molar-refractivity contribution in [1.82, 2.24) is 20.1 Å². The van der Waals surface area contributed by atoms with Gasteiger partial charge in [-0.3, -0.25) is 10.5 Å². The average Bonchev–Trinajstić information content (AvgIpc) is 2.79. The standard InChI is InChI=1S/C14H28ClN5O/c1-6-14(3,21-7-2)13(18-16)12-11(15)10-17-20(12)9-8-19(4)5/h10,13,18H,6-9,16H2,1-5H3. The Kier molecular flexibility index (Phi) is 7.09. The van der Waals surface area contributed by atoms with Crippen LogP contribution in [0.4, 0.5) is 0 Å². The lowest BCUT2D eigenvalue weighted by Gasteiger charge is -2.36. The van der Waals surface area contributed by atoms with E-state index in [0.29, 0.717) is 11.6 Å². The van der Waals surface area contributed by atoms with Crippen molar-refractivity contribution in [1.29, 1.82) is 0 Å². The highest BCUT2D eigenvalue weighted by molar-refractivity contribution is 6.31. The van der Waals surface area contributed by atoms with Crippen LogP contribution in [0.15, 0.2) is 6.20 Å². The van der Waals surface area contributed by atoms with Gasteiger partial charge in [-0.05, 0) is 34.4 Å². The van der Waals surface area contributed by atoms with Crippen molar-refractivity contribution < 1.29 is 4.74 Å². The minimum Gasteiger partial charge on any atom is -0.373 e. The molecule has 0 spiro atoms. The van der Waals surface area contributed by atoms with Gasteiger partial charge in [0.05, 0.1) is 35.1 Å². The molecule has 0 fully saturated rings. The van der Waals surface area contributed by atoms with E-state index in [9.17, 15) is 0 Å². The molecule has 0 bridgehead atoms. The van der Waals surface area contributed by atoms with Crippen molar-refractivity contribution >= 4 is 11.6 Å². The van der Waals surface area contributed by atoms with Crippen LogP contribution in [0.2, 0.25) is 5.02 Å². The number of hydrogen-bond acceptors (Lipinski definition) is 5. The minimum absolute atomic E-state index is 0.223. The summed E-state index contributed by atoms with van der Waals surface area (Å²) in [5, 5.41) is 4.98. The van der Waals surface area contributed by atoms with Crippen molar-refractivity contribution in [2.75, 3.05) is 27.2 Å². The van der Waals surface area contributed by atoms with Gasteiger partial charge in [0.2, 0.25) is 0 Å². The minimum atomic E-state index is -0.441. The number of rotatable bonds is 9. The Morgan fingerprint density at radius 3 is 2.67 bits per heavy atom. The maximum absolute atomic E-state index is 6.35. The van der Waals surface area contributed by atoms with Gasteiger partial charge in [-0.25, -0.2) is 5.43 Å². The molecular formula is C14H28ClN5O. The summed E-state index contributed by atoms with van der Waals surface area (Å²) in [7, 11) is 4.06. The van der Waals surface area contributed by atoms with Crippen LogP contribution in [0, 0.1) is 0 Å². The SMILES string of the molecule is CCOC(C)(CC)C(NN)c1c(Cl)cnn1CCN(C)C. The number of nitrogens with zero attached hydrogens (tertiary/aromatic N) is 3. The molecule has 0 amide bonds. The predicted octanol–water partition coefficient (Wildman–Crippen LogP) is 1.81. The van der Waals surface area contributed by atoms with Crippen LogP contribution in [0.3, 0.4) is 0 Å². The number of ether oxygens (including phenoxy) is 1. The second-order valence-corrected chi connectivity index (χ2v) is 6.01. The van der Waals surface area contributed by atoms with Crippen molar-refractivity contribution in [2.45, 2.75) is 45.4 Å². The zero-order chi connectivity index (χ0) is 16.0. The van der Waals surface area contributed by atoms with Crippen molar-refractivity contribution in [3.8, 4) is 0 Å². The van der Waals surface area contributed by atoms with Gasteiger partial charge >= 0.3 is 0 Å². The summed E-state index contributed by atoms with van der Waals surface area (Å²) in [6, 6.07) is -0.223. The molecule has 0 aliphatic carbocycles. The van der Waals surface area contributed by atoms with Crippen LogP contribution < -0.4 is 11.3 Å². The highest BCUT2D eigenvalue weighted by atomic mass is 35.5. The lowest BCUT2D eigenvalue weighted by Crippen LogP contribution is -2.47. The molecule has 0 saturated heterocycles. The smallest absolute Gasteiger partial charge is 0.0930 e. The molecule has 0 aliphatic rings. The molecule has 0 saturated carbocycles. The van der Waals surface area contributed by atoms with Crippen LogP contribution in [0.1, 0.15) is 38.9 Å². The van der Waals surface area contributed by atoms with Gasteiger partial charge in [-0.2, -0.15) is 5.10 Å². The van der Waals surface area contributed by atoms with E-state index in [4.69, 9.17) is 22.2 Å². The third-order valence-corrected chi connectivity index (χ3v) is 4.11. The summed E-state index contributed by atoms with van der Waals surface area (Å²) >= 11 is 6.35. The summed E-state index contributed by atoms with van der Waals surface area (Å²) in [5.41, 5.74) is 3.30. The van der Waals surface area contributed by atoms with E-state index in [1.807, 2.05) is 32.6 Å². The molecule has 2 atom stereocenters. The normalized spacial score (nSPS) is 16.2. The van der Waals surface area contributed by atoms with Gasteiger partial charge in [0.25, 0.3) is 0 Å². The number of aromatic nitrogens is 2. The number of likely N-dealkylation sites (N-methyl/N-ethyl adjacent to an activating group) is 1. The van der Waals surface area contributed by atoms with Gasteiger partial charge in [0.15, 0.2) is 0 Å². The highest BCUT2D eigenvalue weighted by Crippen LogP contribution is 2.35. The molecule has 1 heterocycles. The monoisotopic (exact) mass is 317 g/mol. The lowest BCUT2D eigenvalue weighted by molar-refractivity contribution is -0.0583. The Balaban J connectivity index is 3.12. The van der Waals surface area contributed by atoms with E-state index < -0.39 is 5.60 Å². The maximum atomic E-state index is 6.35. The molecule has 0 radical (unpaired) electrons. The maximum Gasteiger partial charge on any atom is 0.0930 e. The number of nitrogens with two attached hydrogens (primary N) is 1. The first kappa shape index (κ1) is 18.4. The van der Waals surface area contributed by atoms with Crippen LogP contribution in [-0.2, 0) is 11.3 Å². The third-order valence-electron chi connectivity index (χ3n) is 3.82. The van der Waals surface area contributed by atoms with Crippen molar-refractivity contribution in [3.63, 3.8) is 0 Å². The molecule has 3 N–H and O–H groups in total. The molecule has 0 aliphatic heterocycles. The average molecular weight is 318 g/mol. The molecule has 2 unspecified atom stereocenters. The molecule has 6 nitrogen and oxygen atoms in total. The lowest BCUT2D eigenvalue weighted by atomic mass is 9.91. The highest BCUT2D eigenvalue weighted by Gasteiger charge is 2.37. The Bertz CT molecular complexity index is 437. The summed E-state index contributed by atoms with van der Waals surface area (Å²) in [5.74, 6) is 5.81. The van der Waals surface area contributed by atoms with Gasteiger partial charge in [0.1, 0.15) is 0 Å². The topological polar surface area (TPSA) is 68.3 Å². The molecular weight excluding hydrogens is 290 g/mol. The van der Waals surface area contributed by atoms with E-state index in [1.165, 1.54) is 0 Å². The summed E-state index contributed by atoms with van der Waals surface area (Å²) in [6.07, 6.45) is 2.48. The van der Waals surface area contributed by atoms with Crippen LogP contribution in [0.5, 0.6) is 0 Å². The zero-order valence-corrected chi connectivity index (χ0v) is 14.4. The van der Waals surface area contributed by atoms with Gasteiger partial charge in [0, 0.05) is 13.2 Å². The number of halogens is 1. The fourth-order valence-corrected chi connectivity index (χ4v) is 2.65. The molecule has 122 valence electrons. The number of nitrogens with one attached hydrogen (secondary N) is 1. The van der Waals surface area contributed by atoms with Crippen LogP contribution in [-0.4, -0.2) is 47.5 Å². The summed E-state index contributed by atoms with van der Waals surface area (Å²) < 4.78 is 7.84. The second-order valence-electron chi connectivity index (χ2n) is 5.60. The van der Waals surface area contributed by atoms with Crippen LogP contribution >= 0.6 is 11.6 Å². The molecule has 1 rings (SSSR count). The van der Waals surface area contributed by atoms with Gasteiger partial charge in [-0.15, -0.1) is 0 Å². The van der Waals surface area contributed by atoms with Crippen molar-refractivity contribution in [3.05, 3.63) is 16.9 Å². The first-order valence-corrected chi connectivity index (χ1v) is 7.73. The quantitative estimate of drug-likeness (QED) is 0.537. The second kappa shape index (κ2) is 8.10. The first-order valence-electron chi connectivity index (χ1n) is 7.35. The Labute approximate surface area is 132 Å². The zero-order valence-electron chi connectivity index (χ0n) is 13.7. The largest absolute Gasteiger partial charge is 0.373 e.